The van der Waals surface area contributed by atoms with Crippen LogP contribution in [0, 0.1) is 6.92 Å². The predicted octanol–water partition coefficient (Wildman–Crippen LogP) is 3.42. The first-order valence-corrected chi connectivity index (χ1v) is 7.91. The number of anilines is 2. The molecular weight excluding hydrogens is 344 g/mol. The summed E-state index contributed by atoms with van der Waals surface area (Å²) in [6.07, 6.45) is -0.995. The number of methoxy groups -OCH3 is 1. The summed E-state index contributed by atoms with van der Waals surface area (Å²) in [6.45, 7) is 3.29. The zero-order valence-corrected chi connectivity index (χ0v) is 14.9. The summed E-state index contributed by atoms with van der Waals surface area (Å²) in [7, 11) is 1.47. The van der Waals surface area contributed by atoms with Gasteiger partial charge in [-0.3, -0.25) is 4.79 Å². The number of nitrogens with two attached hydrogens (primary N) is 1. The molecule has 25 heavy (non-hydrogen) atoms. The Labute approximate surface area is 150 Å². The van der Waals surface area contributed by atoms with E-state index >= 15 is 0 Å². The predicted molar refractivity (Wildman–Crippen MR) is 97.1 cm³/mol. The van der Waals surface area contributed by atoms with Crippen LogP contribution in [-0.4, -0.2) is 25.1 Å². The van der Waals surface area contributed by atoms with Gasteiger partial charge in [0, 0.05) is 16.8 Å². The molecule has 2 aromatic carbocycles. The summed E-state index contributed by atoms with van der Waals surface area (Å²) in [5.74, 6) is -0.674. The molecule has 0 radical (unpaired) electrons. The monoisotopic (exact) mass is 362 g/mol. The highest BCUT2D eigenvalue weighted by Gasteiger charge is 2.20. The number of nitrogens with one attached hydrogen (secondary N) is 1. The highest BCUT2D eigenvalue weighted by Crippen LogP contribution is 2.31. The molecule has 6 nitrogen and oxygen atoms in total. The van der Waals surface area contributed by atoms with Crippen molar-refractivity contribution in [2.75, 3.05) is 18.2 Å². The summed E-state index contributed by atoms with van der Waals surface area (Å²) in [4.78, 5) is 24.4. The number of nitrogen functional groups attached to an aromatic ring is 1. The van der Waals surface area contributed by atoms with Crippen molar-refractivity contribution < 1.29 is 19.1 Å². The van der Waals surface area contributed by atoms with Crippen LogP contribution in [0.25, 0.3) is 0 Å². The first-order valence-electron chi connectivity index (χ1n) is 7.53. The van der Waals surface area contributed by atoms with E-state index in [1.165, 1.54) is 26.2 Å². The smallest absolute Gasteiger partial charge is 0.338 e. The molecule has 0 heterocycles. The quantitative estimate of drug-likeness (QED) is 0.628. The van der Waals surface area contributed by atoms with Crippen LogP contribution in [0.1, 0.15) is 22.8 Å². The Balaban J connectivity index is 2.06. The third kappa shape index (κ3) is 4.64. The fraction of sp³-hybridized carbons (Fsp3) is 0.222. The van der Waals surface area contributed by atoms with Crippen LogP contribution in [0.4, 0.5) is 11.4 Å². The fourth-order valence-electron chi connectivity index (χ4n) is 2.07. The van der Waals surface area contributed by atoms with Crippen LogP contribution in [0.3, 0.4) is 0 Å². The topological polar surface area (TPSA) is 90.6 Å². The molecule has 0 aliphatic heterocycles. The molecule has 0 saturated heterocycles. The third-order valence-electron chi connectivity index (χ3n) is 3.54. The summed E-state index contributed by atoms with van der Waals surface area (Å²) in [6, 6.07) is 9.54. The summed E-state index contributed by atoms with van der Waals surface area (Å²) in [5.41, 5.74) is 7.65. The second-order valence-electron chi connectivity index (χ2n) is 5.46. The lowest BCUT2D eigenvalue weighted by Crippen LogP contribution is -2.30. The number of esters is 1. The van der Waals surface area contributed by atoms with Gasteiger partial charge in [0.15, 0.2) is 6.10 Å². The van der Waals surface area contributed by atoms with Crippen LogP contribution in [0.2, 0.25) is 5.02 Å². The molecule has 2 aromatic rings. The van der Waals surface area contributed by atoms with Crippen LogP contribution in [0.15, 0.2) is 36.4 Å². The third-order valence-corrected chi connectivity index (χ3v) is 3.95. The second kappa shape index (κ2) is 7.90. The summed E-state index contributed by atoms with van der Waals surface area (Å²) >= 11 is 6.04. The van der Waals surface area contributed by atoms with E-state index in [1.54, 1.807) is 24.3 Å². The Morgan fingerprint density at radius 1 is 1.20 bits per heavy atom. The molecule has 0 saturated carbocycles. The van der Waals surface area contributed by atoms with Gasteiger partial charge in [0.2, 0.25) is 0 Å². The minimum absolute atomic E-state index is 0.314. The Kier molecular flexibility index (Phi) is 5.88. The van der Waals surface area contributed by atoms with Gasteiger partial charge in [-0.1, -0.05) is 11.6 Å². The molecule has 2 rings (SSSR count). The van der Waals surface area contributed by atoms with Gasteiger partial charge in [0.1, 0.15) is 5.75 Å². The number of carbonyl (C=O) groups excluding carboxylic acids is 2. The normalized spacial score (nSPS) is 11.5. The van der Waals surface area contributed by atoms with Crippen molar-refractivity contribution in [1.82, 2.24) is 0 Å². The number of amides is 1. The van der Waals surface area contributed by atoms with E-state index in [0.29, 0.717) is 27.7 Å². The average Bonchev–Trinajstić information content (AvgIpc) is 2.58. The molecule has 0 spiro atoms. The molecule has 1 unspecified atom stereocenters. The second-order valence-corrected chi connectivity index (χ2v) is 5.87. The Morgan fingerprint density at radius 3 is 2.44 bits per heavy atom. The van der Waals surface area contributed by atoms with Crippen molar-refractivity contribution >= 4 is 34.9 Å². The van der Waals surface area contributed by atoms with Gasteiger partial charge in [-0.15, -0.1) is 0 Å². The standard InChI is InChI=1S/C18H19ClN2O4/c1-10-8-15(16(24-3)9-14(10)19)21-17(22)11(2)25-18(23)12-4-6-13(20)7-5-12/h4-9,11H,20H2,1-3H3,(H,21,22). The van der Waals surface area contributed by atoms with Crippen molar-refractivity contribution in [3.05, 3.63) is 52.5 Å². The van der Waals surface area contributed by atoms with Crippen molar-refractivity contribution in [2.45, 2.75) is 20.0 Å². The first-order chi connectivity index (χ1) is 11.8. The lowest BCUT2D eigenvalue weighted by atomic mass is 10.2. The SMILES string of the molecule is COc1cc(Cl)c(C)cc1NC(=O)C(C)OC(=O)c1ccc(N)cc1. The number of rotatable bonds is 5. The minimum Gasteiger partial charge on any atom is -0.495 e. The van der Waals surface area contributed by atoms with Gasteiger partial charge < -0.3 is 20.5 Å². The molecule has 7 heteroatoms. The molecule has 0 fully saturated rings. The minimum atomic E-state index is -0.995. The Bertz CT molecular complexity index is 790. The molecule has 0 bridgehead atoms. The molecule has 0 aromatic heterocycles. The van der Waals surface area contributed by atoms with Gasteiger partial charge in [-0.05, 0) is 49.7 Å². The van der Waals surface area contributed by atoms with Gasteiger partial charge in [0.25, 0.3) is 5.91 Å². The molecule has 1 amide bonds. The number of aryl methyl sites for hydroxylation is 1. The van der Waals surface area contributed by atoms with Crippen LogP contribution >= 0.6 is 11.6 Å². The number of halogens is 1. The van der Waals surface area contributed by atoms with Crippen molar-refractivity contribution in [1.29, 1.82) is 0 Å². The highest BCUT2D eigenvalue weighted by atomic mass is 35.5. The number of ether oxygens (including phenoxy) is 2. The molecule has 0 aliphatic carbocycles. The van der Waals surface area contributed by atoms with Crippen LogP contribution in [-0.2, 0) is 9.53 Å². The molecule has 3 N–H and O–H groups in total. The van der Waals surface area contributed by atoms with E-state index in [2.05, 4.69) is 5.32 Å². The largest absolute Gasteiger partial charge is 0.495 e. The van der Waals surface area contributed by atoms with E-state index in [0.717, 1.165) is 5.56 Å². The van der Waals surface area contributed by atoms with E-state index in [1.807, 2.05) is 6.92 Å². The summed E-state index contributed by atoms with van der Waals surface area (Å²) < 4.78 is 10.4. The number of hydrogen-bond acceptors (Lipinski definition) is 5. The molecule has 132 valence electrons. The average molecular weight is 363 g/mol. The number of benzene rings is 2. The number of hydrogen-bond donors (Lipinski definition) is 2. The van der Waals surface area contributed by atoms with Crippen molar-refractivity contribution in [2.24, 2.45) is 0 Å². The van der Waals surface area contributed by atoms with E-state index in [-0.39, 0.29) is 0 Å². The maximum Gasteiger partial charge on any atom is 0.338 e. The number of carbonyl (C=O) groups is 2. The lowest BCUT2D eigenvalue weighted by molar-refractivity contribution is -0.123. The molecule has 1 atom stereocenters. The van der Waals surface area contributed by atoms with Crippen molar-refractivity contribution in [3.63, 3.8) is 0 Å². The van der Waals surface area contributed by atoms with Gasteiger partial charge in [-0.2, -0.15) is 0 Å². The van der Waals surface area contributed by atoms with Crippen LogP contribution < -0.4 is 15.8 Å². The van der Waals surface area contributed by atoms with E-state index in [4.69, 9.17) is 26.8 Å². The Hall–Kier alpha value is -2.73. The Morgan fingerprint density at radius 2 is 1.84 bits per heavy atom. The first kappa shape index (κ1) is 18.6. The zero-order chi connectivity index (χ0) is 18.6. The highest BCUT2D eigenvalue weighted by molar-refractivity contribution is 6.31. The van der Waals surface area contributed by atoms with Gasteiger partial charge >= 0.3 is 5.97 Å². The van der Waals surface area contributed by atoms with Gasteiger partial charge in [-0.25, -0.2) is 4.79 Å². The molecule has 0 aliphatic rings. The maximum absolute atomic E-state index is 12.3. The summed E-state index contributed by atoms with van der Waals surface area (Å²) in [5, 5.41) is 3.20. The van der Waals surface area contributed by atoms with E-state index < -0.39 is 18.0 Å². The lowest BCUT2D eigenvalue weighted by Gasteiger charge is -2.16. The maximum atomic E-state index is 12.3. The van der Waals surface area contributed by atoms with Crippen molar-refractivity contribution in [3.8, 4) is 5.75 Å². The molecular formula is C18H19ClN2O4. The van der Waals surface area contributed by atoms with Gasteiger partial charge in [0.05, 0.1) is 18.4 Å². The van der Waals surface area contributed by atoms with E-state index in [9.17, 15) is 9.59 Å². The zero-order valence-electron chi connectivity index (χ0n) is 14.1. The fourth-order valence-corrected chi connectivity index (χ4v) is 2.22. The van der Waals surface area contributed by atoms with Crippen LogP contribution in [0.5, 0.6) is 5.75 Å².